The minimum atomic E-state index is 0. The molecule has 0 saturated heterocycles. The van der Waals surface area contributed by atoms with Gasteiger partial charge in [0.25, 0.3) is 0 Å². The number of hydrogen-bond acceptors (Lipinski definition) is 4. The van der Waals surface area contributed by atoms with Crippen LogP contribution in [0.5, 0.6) is 11.5 Å². The number of nitrogens with one attached hydrogen (secondary N) is 2. The van der Waals surface area contributed by atoms with E-state index in [0.717, 1.165) is 61.9 Å². The highest BCUT2D eigenvalue weighted by atomic mass is 127. The maximum Gasteiger partial charge on any atom is 0.191 e. The van der Waals surface area contributed by atoms with Gasteiger partial charge in [0.15, 0.2) is 17.5 Å². The molecular formula is C24H40IN5O2. The fraction of sp³-hybridized carbons (Fsp3) is 0.583. The number of halogens is 1. The Labute approximate surface area is 210 Å². The Balaban J connectivity index is 0.00000512. The second-order valence-corrected chi connectivity index (χ2v) is 7.35. The van der Waals surface area contributed by atoms with Crippen molar-refractivity contribution in [1.29, 1.82) is 0 Å². The van der Waals surface area contributed by atoms with Crippen LogP contribution in [0.1, 0.15) is 56.6 Å². The van der Waals surface area contributed by atoms with Crippen LogP contribution in [0.2, 0.25) is 0 Å². The van der Waals surface area contributed by atoms with Crippen molar-refractivity contribution >= 4 is 29.9 Å². The van der Waals surface area contributed by atoms with Crippen molar-refractivity contribution in [2.24, 2.45) is 12.0 Å². The summed E-state index contributed by atoms with van der Waals surface area (Å²) in [6.07, 6.45) is 3.84. The highest BCUT2D eigenvalue weighted by Crippen LogP contribution is 2.28. The van der Waals surface area contributed by atoms with Gasteiger partial charge in [0, 0.05) is 31.4 Å². The monoisotopic (exact) mass is 557 g/mol. The molecule has 2 rings (SSSR count). The van der Waals surface area contributed by atoms with Crippen molar-refractivity contribution < 1.29 is 9.47 Å². The molecule has 7 nitrogen and oxygen atoms in total. The highest BCUT2D eigenvalue weighted by Gasteiger charge is 2.13. The second kappa shape index (κ2) is 15.0. The molecule has 0 aliphatic rings. The molecule has 1 aromatic carbocycles. The number of nitrogens with zero attached hydrogens (tertiary/aromatic N) is 3. The summed E-state index contributed by atoms with van der Waals surface area (Å²) < 4.78 is 13.0. The SMILES string of the molecule is CCNC(=NCc1c(CC)nn(C)c1CC)NCCCc1ccc(OC)c(OCC)c1.I. The van der Waals surface area contributed by atoms with Crippen LogP contribution in [0.25, 0.3) is 0 Å². The fourth-order valence-corrected chi connectivity index (χ4v) is 3.72. The third-order valence-electron chi connectivity index (χ3n) is 5.23. The molecule has 0 atom stereocenters. The van der Waals surface area contributed by atoms with Gasteiger partial charge >= 0.3 is 0 Å². The molecule has 2 aromatic rings. The summed E-state index contributed by atoms with van der Waals surface area (Å²) in [5, 5.41) is 11.5. The van der Waals surface area contributed by atoms with Gasteiger partial charge in [0.05, 0.1) is 26.0 Å². The van der Waals surface area contributed by atoms with E-state index in [-0.39, 0.29) is 24.0 Å². The van der Waals surface area contributed by atoms with E-state index in [1.807, 2.05) is 24.7 Å². The van der Waals surface area contributed by atoms with Crippen molar-refractivity contribution in [3.8, 4) is 11.5 Å². The van der Waals surface area contributed by atoms with Gasteiger partial charge in [-0.1, -0.05) is 19.9 Å². The molecule has 0 saturated carbocycles. The topological polar surface area (TPSA) is 72.7 Å². The zero-order chi connectivity index (χ0) is 22.6. The zero-order valence-corrected chi connectivity index (χ0v) is 22.8. The van der Waals surface area contributed by atoms with Crippen molar-refractivity contribution in [2.45, 2.75) is 59.9 Å². The average molecular weight is 558 g/mol. The molecule has 2 N–H and O–H groups in total. The molecule has 32 heavy (non-hydrogen) atoms. The van der Waals surface area contributed by atoms with E-state index in [1.54, 1.807) is 7.11 Å². The lowest BCUT2D eigenvalue weighted by molar-refractivity contribution is 0.310. The summed E-state index contributed by atoms with van der Waals surface area (Å²) in [6, 6.07) is 6.15. The first-order chi connectivity index (χ1) is 15.1. The highest BCUT2D eigenvalue weighted by molar-refractivity contribution is 14.0. The lowest BCUT2D eigenvalue weighted by atomic mass is 10.1. The smallest absolute Gasteiger partial charge is 0.191 e. The average Bonchev–Trinajstić information content (AvgIpc) is 3.09. The summed E-state index contributed by atoms with van der Waals surface area (Å²) >= 11 is 0. The van der Waals surface area contributed by atoms with Crippen molar-refractivity contribution in [1.82, 2.24) is 20.4 Å². The first kappa shape index (κ1) is 28.1. The third-order valence-corrected chi connectivity index (χ3v) is 5.23. The van der Waals surface area contributed by atoms with Crippen molar-refractivity contribution in [3.05, 3.63) is 40.7 Å². The Morgan fingerprint density at radius 1 is 1.09 bits per heavy atom. The number of rotatable bonds is 12. The number of aromatic nitrogens is 2. The van der Waals surface area contributed by atoms with E-state index >= 15 is 0 Å². The molecule has 1 heterocycles. The summed E-state index contributed by atoms with van der Waals surface area (Å²) in [5.41, 5.74) is 4.90. The third kappa shape index (κ3) is 7.86. The van der Waals surface area contributed by atoms with E-state index in [2.05, 4.69) is 48.6 Å². The molecule has 180 valence electrons. The summed E-state index contributed by atoms with van der Waals surface area (Å²) in [5.74, 6) is 2.43. The molecular weight excluding hydrogens is 517 g/mol. The Morgan fingerprint density at radius 2 is 1.88 bits per heavy atom. The molecule has 1 aromatic heterocycles. The van der Waals surface area contributed by atoms with Gasteiger partial charge in [-0.2, -0.15) is 5.10 Å². The second-order valence-electron chi connectivity index (χ2n) is 7.35. The quantitative estimate of drug-likeness (QED) is 0.177. The van der Waals surface area contributed by atoms with E-state index in [9.17, 15) is 0 Å². The Morgan fingerprint density at radius 3 is 2.50 bits per heavy atom. The predicted molar refractivity (Wildman–Crippen MR) is 143 cm³/mol. The molecule has 0 radical (unpaired) electrons. The van der Waals surface area contributed by atoms with Gasteiger partial charge in [-0.3, -0.25) is 4.68 Å². The van der Waals surface area contributed by atoms with Crippen LogP contribution in [0.3, 0.4) is 0 Å². The van der Waals surface area contributed by atoms with Crippen LogP contribution in [0.4, 0.5) is 0 Å². The number of ether oxygens (including phenoxy) is 2. The molecule has 0 unspecified atom stereocenters. The molecule has 0 aliphatic heterocycles. The molecule has 0 bridgehead atoms. The fourth-order valence-electron chi connectivity index (χ4n) is 3.72. The number of benzene rings is 1. The lowest BCUT2D eigenvalue weighted by Gasteiger charge is -2.13. The number of hydrogen-bond donors (Lipinski definition) is 2. The standard InChI is InChI=1S/C24H39N5O2.HI/c1-7-20-19(21(8-2)29(5)28-20)17-27-24(25-9-3)26-15-11-12-18-13-14-22(30-6)23(16-18)31-10-4;/h13-14,16H,7-12,15,17H2,1-6H3,(H2,25,26,27);1H. The van der Waals surface area contributed by atoms with Gasteiger partial charge in [-0.25, -0.2) is 4.99 Å². The number of aryl methyl sites for hydroxylation is 3. The number of aliphatic imine (C=N–C) groups is 1. The van der Waals surface area contributed by atoms with E-state index in [1.165, 1.54) is 16.8 Å². The Bertz CT molecular complexity index is 851. The first-order valence-electron chi connectivity index (χ1n) is 11.4. The zero-order valence-electron chi connectivity index (χ0n) is 20.5. The molecule has 0 amide bonds. The summed E-state index contributed by atoms with van der Waals surface area (Å²) in [7, 11) is 3.69. The number of methoxy groups -OCH3 is 1. The molecule has 0 fully saturated rings. The lowest BCUT2D eigenvalue weighted by Crippen LogP contribution is -2.37. The molecule has 8 heteroatoms. The van der Waals surface area contributed by atoms with Crippen LogP contribution in [0.15, 0.2) is 23.2 Å². The van der Waals surface area contributed by atoms with E-state index < -0.39 is 0 Å². The summed E-state index contributed by atoms with van der Waals surface area (Å²) in [6.45, 7) is 11.3. The molecule has 0 spiro atoms. The van der Waals surface area contributed by atoms with Crippen LogP contribution in [-0.4, -0.2) is 42.5 Å². The van der Waals surface area contributed by atoms with Crippen molar-refractivity contribution in [3.63, 3.8) is 0 Å². The first-order valence-corrected chi connectivity index (χ1v) is 11.4. The maximum absolute atomic E-state index is 5.68. The minimum absolute atomic E-state index is 0. The van der Waals surface area contributed by atoms with Crippen LogP contribution in [-0.2, 0) is 32.9 Å². The van der Waals surface area contributed by atoms with Gasteiger partial charge in [-0.15, -0.1) is 24.0 Å². The van der Waals surface area contributed by atoms with E-state index in [4.69, 9.17) is 14.5 Å². The van der Waals surface area contributed by atoms with Gasteiger partial charge in [0.2, 0.25) is 0 Å². The van der Waals surface area contributed by atoms with Crippen molar-refractivity contribution in [2.75, 3.05) is 26.8 Å². The Hall–Kier alpha value is -1.97. The Kier molecular flexibility index (Phi) is 13.1. The van der Waals surface area contributed by atoms with Crippen LogP contribution in [0, 0.1) is 0 Å². The maximum atomic E-state index is 5.68. The summed E-state index contributed by atoms with van der Waals surface area (Å²) in [4.78, 5) is 4.82. The largest absolute Gasteiger partial charge is 0.493 e. The van der Waals surface area contributed by atoms with E-state index in [0.29, 0.717) is 13.2 Å². The molecule has 0 aliphatic carbocycles. The minimum Gasteiger partial charge on any atom is -0.493 e. The normalized spacial score (nSPS) is 11.1. The predicted octanol–water partition coefficient (Wildman–Crippen LogP) is 4.26. The van der Waals surface area contributed by atoms with Crippen LogP contribution >= 0.6 is 24.0 Å². The van der Waals surface area contributed by atoms with Gasteiger partial charge in [-0.05, 0) is 57.2 Å². The number of guanidine groups is 1. The van der Waals surface area contributed by atoms with Gasteiger partial charge in [0.1, 0.15) is 0 Å². The van der Waals surface area contributed by atoms with Gasteiger partial charge < -0.3 is 20.1 Å². The van der Waals surface area contributed by atoms with Crippen LogP contribution < -0.4 is 20.1 Å².